The van der Waals surface area contributed by atoms with E-state index in [9.17, 15) is 0 Å². The summed E-state index contributed by atoms with van der Waals surface area (Å²) in [5, 5.41) is 0. The topological polar surface area (TPSA) is 18.5 Å². The van der Waals surface area contributed by atoms with E-state index in [2.05, 4.69) is 32.0 Å². The summed E-state index contributed by atoms with van der Waals surface area (Å²) in [6.45, 7) is 4.16. The molecule has 0 amide bonds. The van der Waals surface area contributed by atoms with Crippen LogP contribution in [0.3, 0.4) is 0 Å². The molecule has 0 saturated carbocycles. The Labute approximate surface area is 109 Å². The average molecular weight is 257 g/mol. The lowest BCUT2D eigenvalue weighted by molar-refractivity contribution is -0.220. The number of benzene rings is 1. The molecule has 0 aliphatic carbocycles. The summed E-state index contributed by atoms with van der Waals surface area (Å²) in [6, 6.07) is 6.30. The highest BCUT2D eigenvalue weighted by atomic mass is 35.5. The number of methoxy groups -OCH3 is 2. The van der Waals surface area contributed by atoms with Gasteiger partial charge in [-0.15, -0.1) is 11.6 Å². The van der Waals surface area contributed by atoms with Crippen molar-refractivity contribution in [2.45, 2.75) is 32.5 Å². The zero-order valence-electron chi connectivity index (χ0n) is 11.0. The van der Waals surface area contributed by atoms with Crippen molar-refractivity contribution in [2.24, 2.45) is 0 Å². The van der Waals surface area contributed by atoms with Crippen LogP contribution in [0.4, 0.5) is 0 Å². The van der Waals surface area contributed by atoms with Crippen LogP contribution in [0.5, 0.6) is 0 Å². The molecule has 0 radical (unpaired) electrons. The fraction of sp³-hybridized carbons (Fsp3) is 0.571. The van der Waals surface area contributed by atoms with Gasteiger partial charge in [-0.2, -0.15) is 0 Å². The maximum atomic E-state index is 5.76. The first-order valence-electron chi connectivity index (χ1n) is 5.83. The third-order valence-electron chi connectivity index (χ3n) is 3.09. The number of aryl methyl sites for hydroxylation is 2. The monoisotopic (exact) mass is 256 g/mol. The molecular formula is C14H21ClO2. The lowest BCUT2D eigenvalue weighted by Crippen LogP contribution is -2.31. The molecule has 0 aromatic heterocycles. The fourth-order valence-electron chi connectivity index (χ4n) is 2.18. The number of halogens is 1. The molecule has 0 unspecified atom stereocenters. The van der Waals surface area contributed by atoms with Gasteiger partial charge in [0.05, 0.1) is 0 Å². The van der Waals surface area contributed by atoms with Gasteiger partial charge in [0.1, 0.15) is 0 Å². The van der Waals surface area contributed by atoms with Gasteiger partial charge >= 0.3 is 0 Å². The molecule has 0 saturated heterocycles. The molecule has 2 nitrogen and oxygen atoms in total. The highest BCUT2D eigenvalue weighted by molar-refractivity contribution is 6.17. The van der Waals surface area contributed by atoms with E-state index in [1.807, 2.05) is 0 Å². The van der Waals surface area contributed by atoms with Crippen molar-refractivity contribution in [3.63, 3.8) is 0 Å². The molecule has 0 atom stereocenters. The van der Waals surface area contributed by atoms with Crippen LogP contribution < -0.4 is 0 Å². The minimum Gasteiger partial charge on any atom is -0.349 e. The first-order chi connectivity index (χ1) is 8.09. The van der Waals surface area contributed by atoms with Crippen LogP contribution in [-0.4, -0.2) is 20.1 Å². The SMILES string of the molecule is COC(CCCCl)(OC)c1ccc(C)cc1C. The largest absolute Gasteiger partial charge is 0.349 e. The smallest absolute Gasteiger partial charge is 0.194 e. The average Bonchev–Trinajstić information content (AvgIpc) is 2.32. The number of rotatable bonds is 6. The normalized spacial score (nSPS) is 11.8. The van der Waals surface area contributed by atoms with Gasteiger partial charge in [-0.3, -0.25) is 0 Å². The summed E-state index contributed by atoms with van der Waals surface area (Å²) in [6.07, 6.45) is 1.62. The zero-order chi connectivity index (χ0) is 12.9. The van der Waals surface area contributed by atoms with Crippen LogP contribution in [0.15, 0.2) is 18.2 Å². The lowest BCUT2D eigenvalue weighted by Gasteiger charge is -2.32. The lowest BCUT2D eigenvalue weighted by atomic mass is 9.95. The third kappa shape index (κ3) is 3.21. The van der Waals surface area contributed by atoms with Crippen molar-refractivity contribution in [1.82, 2.24) is 0 Å². The van der Waals surface area contributed by atoms with E-state index in [1.54, 1.807) is 14.2 Å². The molecule has 17 heavy (non-hydrogen) atoms. The summed E-state index contributed by atoms with van der Waals surface area (Å²) >= 11 is 5.76. The third-order valence-corrected chi connectivity index (χ3v) is 3.36. The van der Waals surface area contributed by atoms with Gasteiger partial charge in [0, 0.05) is 32.1 Å². The van der Waals surface area contributed by atoms with Gasteiger partial charge in [0.15, 0.2) is 5.79 Å². The van der Waals surface area contributed by atoms with Crippen molar-refractivity contribution < 1.29 is 9.47 Å². The summed E-state index contributed by atoms with van der Waals surface area (Å²) in [5.74, 6) is -0.0634. The summed E-state index contributed by atoms with van der Waals surface area (Å²) in [7, 11) is 3.36. The Hall–Kier alpha value is -0.570. The van der Waals surface area contributed by atoms with E-state index in [0.29, 0.717) is 5.88 Å². The Morgan fingerprint density at radius 1 is 1.18 bits per heavy atom. The van der Waals surface area contributed by atoms with E-state index in [1.165, 1.54) is 11.1 Å². The van der Waals surface area contributed by atoms with E-state index in [0.717, 1.165) is 18.4 Å². The Kier molecular flexibility index (Phi) is 5.44. The molecule has 96 valence electrons. The second-order valence-electron chi connectivity index (χ2n) is 4.27. The Morgan fingerprint density at radius 2 is 1.82 bits per heavy atom. The van der Waals surface area contributed by atoms with Gasteiger partial charge in [0.2, 0.25) is 0 Å². The summed E-state index contributed by atoms with van der Waals surface area (Å²) in [4.78, 5) is 0. The zero-order valence-corrected chi connectivity index (χ0v) is 11.8. The van der Waals surface area contributed by atoms with Gasteiger partial charge in [-0.1, -0.05) is 23.8 Å². The Bertz CT molecular complexity index is 359. The quantitative estimate of drug-likeness (QED) is 0.570. The van der Waals surface area contributed by atoms with Crippen LogP contribution in [0.25, 0.3) is 0 Å². The standard InChI is InChI=1S/C14H21ClO2/c1-11-6-7-13(12(2)10-11)14(16-3,17-4)8-5-9-15/h6-7,10H,5,8-9H2,1-4H3. The van der Waals surface area contributed by atoms with Crippen LogP contribution >= 0.6 is 11.6 Å². The number of ether oxygens (including phenoxy) is 2. The number of alkyl halides is 1. The molecule has 1 aromatic rings. The van der Waals surface area contributed by atoms with Crippen LogP contribution in [0, 0.1) is 13.8 Å². The Morgan fingerprint density at radius 3 is 2.29 bits per heavy atom. The second-order valence-corrected chi connectivity index (χ2v) is 4.65. The van der Waals surface area contributed by atoms with Gasteiger partial charge in [-0.05, 0) is 25.8 Å². The van der Waals surface area contributed by atoms with Crippen molar-refractivity contribution in [3.8, 4) is 0 Å². The molecule has 1 rings (SSSR count). The van der Waals surface area contributed by atoms with Gasteiger partial charge in [0.25, 0.3) is 0 Å². The first-order valence-corrected chi connectivity index (χ1v) is 6.37. The van der Waals surface area contributed by atoms with Crippen molar-refractivity contribution in [3.05, 3.63) is 34.9 Å². The van der Waals surface area contributed by atoms with E-state index < -0.39 is 5.79 Å². The summed E-state index contributed by atoms with van der Waals surface area (Å²) < 4.78 is 11.2. The number of hydrogen-bond acceptors (Lipinski definition) is 2. The van der Waals surface area contributed by atoms with Crippen LogP contribution in [0.1, 0.15) is 29.5 Å². The molecule has 0 aliphatic heterocycles. The maximum Gasteiger partial charge on any atom is 0.194 e. The molecule has 0 fully saturated rings. The minimum absolute atomic E-state index is 0.610. The van der Waals surface area contributed by atoms with E-state index in [-0.39, 0.29) is 0 Å². The van der Waals surface area contributed by atoms with Gasteiger partial charge in [-0.25, -0.2) is 0 Å². The second kappa shape index (κ2) is 6.39. The highest BCUT2D eigenvalue weighted by Gasteiger charge is 2.32. The number of hydrogen-bond donors (Lipinski definition) is 0. The molecule has 0 bridgehead atoms. The molecular weight excluding hydrogens is 236 g/mol. The van der Waals surface area contributed by atoms with Crippen molar-refractivity contribution in [1.29, 1.82) is 0 Å². The van der Waals surface area contributed by atoms with Crippen molar-refractivity contribution >= 4 is 11.6 Å². The molecule has 0 spiro atoms. The predicted molar refractivity (Wildman–Crippen MR) is 71.6 cm³/mol. The van der Waals surface area contributed by atoms with Crippen LogP contribution in [0.2, 0.25) is 0 Å². The first kappa shape index (κ1) is 14.5. The van der Waals surface area contributed by atoms with Gasteiger partial charge < -0.3 is 9.47 Å². The fourth-order valence-corrected chi connectivity index (χ4v) is 2.32. The summed E-state index contributed by atoms with van der Waals surface area (Å²) in [5.41, 5.74) is 3.51. The highest BCUT2D eigenvalue weighted by Crippen LogP contribution is 2.33. The van der Waals surface area contributed by atoms with Crippen molar-refractivity contribution in [2.75, 3.05) is 20.1 Å². The Balaban J connectivity index is 3.11. The predicted octanol–water partition coefficient (Wildman–Crippen LogP) is 3.77. The molecule has 0 N–H and O–H groups in total. The van der Waals surface area contributed by atoms with E-state index >= 15 is 0 Å². The van der Waals surface area contributed by atoms with Crippen LogP contribution in [-0.2, 0) is 15.3 Å². The minimum atomic E-state index is -0.674. The van der Waals surface area contributed by atoms with E-state index in [4.69, 9.17) is 21.1 Å². The maximum absolute atomic E-state index is 5.76. The molecule has 0 heterocycles. The molecule has 1 aromatic carbocycles. The molecule has 3 heteroatoms. The molecule has 0 aliphatic rings.